The summed E-state index contributed by atoms with van der Waals surface area (Å²) in [4.78, 5) is 12.0. The molecule has 0 aromatic heterocycles. The van der Waals surface area contributed by atoms with E-state index in [1.165, 1.54) is 0 Å². The predicted molar refractivity (Wildman–Crippen MR) is 77.4 cm³/mol. The second kappa shape index (κ2) is 8.44. The number of carbonyl (C=O) groups excluding carboxylic acids is 1. The molecule has 0 spiro atoms. The topological polar surface area (TPSA) is 70.6 Å². The number of aliphatic hydroxyl groups excluding tert-OH is 1. The van der Waals surface area contributed by atoms with Crippen molar-refractivity contribution in [1.29, 1.82) is 0 Å². The van der Waals surface area contributed by atoms with E-state index in [0.29, 0.717) is 30.9 Å². The maximum absolute atomic E-state index is 12.0. The van der Waals surface area contributed by atoms with Crippen molar-refractivity contribution in [3.8, 4) is 5.75 Å². The highest BCUT2D eigenvalue weighted by atomic mass is 32.1. The molecule has 0 unspecified atom stereocenters. The number of nitrogens with one attached hydrogen (secondary N) is 2. The van der Waals surface area contributed by atoms with Gasteiger partial charge in [0, 0.05) is 13.2 Å². The number of ether oxygens (including phenoxy) is 1. The van der Waals surface area contributed by atoms with Crippen molar-refractivity contribution >= 4 is 23.2 Å². The fourth-order valence-corrected chi connectivity index (χ4v) is 1.63. The van der Waals surface area contributed by atoms with Gasteiger partial charge in [-0.2, -0.15) is 0 Å². The van der Waals surface area contributed by atoms with E-state index in [0.717, 1.165) is 0 Å². The number of hydrogen-bond donors (Lipinski definition) is 3. The zero-order valence-electron chi connectivity index (χ0n) is 10.8. The maximum Gasteiger partial charge on any atom is 0.261 e. The Bertz CT molecular complexity index is 438. The summed E-state index contributed by atoms with van der Waals surface area (Å²) in [5.41, 5.74) is 0.440. The molecule has 3 N–H and O–H groups in total. The quantitative estimate of drug-likeness (QED) is 0.538. The Kier molecular flexibility index (Phi) is 6.84. The zero-order chi connectivity index (χ0) is 14.1. The molecule has 104 valence electrons. The average Bonchev–Trinajstić information content (AvgIpc) is 2.40. The summed E-state index contributed by atoms with van der Waals surface area (Å²) in [5.74, 6) is 0.214. The van der Waals surface area contributed by atoms with Crippen LogP contribution in [0.2, 0.25) is 0 Å². The average molecular weight is 282 g/mol. The highest BCUT2D eigenvalue weighted by molar-refractivity contribution is 7.80. The zero-order valence-corrected chi connectivity index (χ0v) is 11.6. The number of amides is 1. The first-order chi connectivity index (χ1) is 9.19. The van der Waals surface area contributed by atoms with Gasteiger partial charge in [0.15, 0.2) is 5.11 Å². The molecule has 6 heteroatoms. The van der Waals surface area contributed by atoms with Gasteiger partial charge in [-0.25, -0.2) is 0 Å². The molecule has 1 rings (SSSR count). The smallest absolute Gasteiger partial charge is 0.261 e. The Hall–Kier alpha value is -1.66. The Balaban J connectivity index is 2.60. The van der Waals surface area contributed by atoms with Gasteiger partial charge in [0.2, 0.25) is 0 Å². The first-order valence-electron chi connectivity index (χ1n) is 6.11. The summed E-state index contributed by atoms with van der Waals surface area (Å²) in [6.45, 7) is 2.94. The SMILES string of the molecule is CCOc1ccccc1C(=O)NC(=S)NCCCO. The summed E-state index contributed by atoms with van der Waals surface area (Å²) in [6.07, 6.45) is 0.575. The van der Waals surface area contributed by atoms with Crippen molar-refractivity contribution in [3.05, 3.63) is 29.8 Å². The first kappa shape index (κ1) is 15.4. The van der Waals surface area contributed by atoms with Crippen LogP contribution in [0.3, 0.4) is 0 Å². The summed E-state index contributed by atoms with van der Waals surface area (Å²) < 4.78 is 5.38. The summed E-state index contributed by atoms with van der Waals surface area (Å²) in [6, 6.07) is 6.98. The van der Waals surface area contributed by atoms with Crippen LogP contribution >= 0.6 is 12.2 Å². The Morgan fingerprint density at radius 2 is 2.16 bits per heavy atom. The minimum absolute atomic E-state index is 0.0801. The molecule has 0 saturated heterocycles. The minimum atomic E-state index is -0.314. The number of hydrogen-bond acceptors (Lipinski definition) is 4. The number of para-hydroxylation sites is 1. The largest absolute Gasteiger partial charge is 0.493 e. The third kappa shape index (κ3) is 5.23. The molecule has 1 aromatic carbocycles. The summed E-state index contributed by atoms with van der Waals surface area (Å²) >= 11 is 4.99. The fourth-order valence-electron chi connectivity index (χ4n) is 1.43. The summed E-state index contributed by atoms with van der Waals surface area (Å²) in [7, 11) is 0. The van der Waals surface area contributed by atoms with E-state index >= 15 is 0 Å². The number of thiocarbonyl (C=S) groups is 1. The molecule has 0 heterocycles. The van der Waals surface area contributed by atoms with Crippen LogP contribution in [0.1, 0.15) is 23.7 Å². The number of benzene rings is 1. The van der Waals surface area contributed by atoms with Gasteiger partial charge in [-0.3, -0.25) is 10.1 Å². The third-order valence-electron chi connectivity index (χ3n) is 2.28. The van der Waals surface area contributed by atoms with E-state index in [1.54, 1.807) is 24.3 Å². The van der Waals surface area contributed by atoms with Crippen LogP contribution in [-0.4, -0.2) is 35.9 Å². The van der Waals surface area contributed by atoms with E-state index in [9.17, 15) is 4.79 Å². The molecule has 0 radical (unpaired) electrons. The lowest BCUT2D eigenvalue weighted by Crippen LogP contribution is -2.39. The molecule has 0 aliphatic heterocycles. The van der Waals surface area contributed by atoms with Gasteiger partial charge in [0.25, 0.3) is 5.91 Å². The molecule has 0 atom stereocenters. The highest BCUT2D eigenvalue weighted by Gasteiger charge is 2.12. The van der Waals surface area contributed by atoms with Crippen LogP contribution in [0.5, 0.6) is 5.75 Å². The van der Waals surface area contributed by atoms with Gasteiger partial charge in [-0.1, -0.05) is 12.1 Å². The fraction of sp³-hybridized carbons (Fsp3) is 0.385. The lowest BCUT2D eigenvalue weighted by molar-refractivity contribution is 0.0973. The first-order valence-corrected chi connectivity index (χ1v) is 6.51. The molecule has 1 amide bonds. The van der Waals surface area contributed by atoms with E-state index in [1.807, 2.05) is 6.92 Å². The van der Waals surface area contributed by atoms with Crippen molar-refractivity contribution in [3.63, 3.8) is 0 Å². The molecule has 0 saturated carbocycles. The van der Waals surface area contributed by atoms with Gasteiger partial charge in [0.1, 0.15) is 5.75 Å². The van der Waals surface area contributed by atoms with Gasteiger partial charge in [0.05, 0.1) is 12.2 Å². The van der Waals surface area contributed by atoms with Crippen LogP contribution in [0, 0.1) is 0 Å². The van der Waals surface area contributed by atoms with Crippen LogP contribution in [0.15, 0.2) is 24.3 Å². The van der Waals surface area contributed by atoms with Crippen molar-refractivity contribution in [1.82, 2.24) is 10.6 Å². The van der Waals surface area contributed by atoms with Gasteiger partial charge < -0.3 is 15.2 Å². The number of aliphatic hydroxyl groups is 1. The van der Waals surface area contributed by atoms with Crippen molar-refractivity contribution in [2.45, 2.75) is 13.3 Å². The number of rotatable bonds is 6. The second-order valence-corrected chi connectivity index (χ2v) is 4.12. The molecule has 0 bridgehead atoms. The van der Waals surface area contributed by atoms with Crippen LogP contribution in [0.4, 0.5) is 0 Å². The van der Waals surface area contributed by atoms with Crippen LogP contribution < -0.4 is 15.4 Å². The third-order valence-corrected chi connectivity index (χ3v) is 2.53. The van der Waals surface area contributed by atoms with E-state index in [2.05, 4.69) is 10.6 Å². The summed E-state index contributed by atoms with van der Waals surface area (Å²) in [5, 5.41) is 14.3. The van der Waals surface area contributed by atoms with E-state index in [4.69, 9.17) is 22.1 Å². The molecule has 0 aliphatic carbocycles. The van der Waals surface area contributed by atoms with Crippen LogP contribution in [0.25, 0.3) is 0 Å². The molecular formula is C13H18N2O3S. The van der Waals surface area contributed by atoms with E-state index < -0.39 is 0 Å². The van der Waals surface area contributed by atoms with Crippen LogP contribution in [-0.2, 0) is 0 Å². The molecule has 19 heavy (non-hydrogen) atoms. The van der Waals surface area contributed by atoms with Crippen molar-refractivity contribution in [2.24, 2.45) is 0 Å². The Morgan fingerprint density at radius 1 is 1.42 bits per heavy atom. The second-order valence-electron chi connectivity index (χ2n) is 3.72. The highest BCUT2D eigenvalue weighted by Crippen LogP contribution is 2.17. The Morgan fingerprint density at radius 3 is 2.84 bits per heavy atom. The molecular weight excluding hydrogens is 264 g/mol. The maximum atomic E-state index is 12.0. The van der Waals surface area contributed by atoms with Gasteiger partial charge >= 0.3 is 0 Å². The molecule has 0 fully saturated rings. The van der Waals surface area contributed by atoms with Gasteiger partial charge in [-0.05, 0) is 37.7 Å². The Labute approximate surface area is 118 Å². The van der Waals surface area contributed by atoms with Crippen molar-refractivity contribution < 1.29 is 14.6 Å². The lowest BCUT2D eigenvalue weighted by Gasteiger charge is -2.11. The monoisotopic (exact) mass is 282 g/mol. The van der Waals surface area contributed by atoms with E-state index in [-0.39, 0.29) is 17.6 Å². The molecule has 1 aromatic rings. The number of carbonyl (C=O) groups is 1. The molecule has 5 nitrogen and oxygen atoms in total. The minimum Gasteiger partial charge on any atom is -0.493 e. The predicted octanol–water partition coefficient (Wildman–Crippen LogP) is 1.07. The van der Waals surface area contributed by atoms with Crippen molar-refractivity contribution in [2.75, 3.05) is 19.8 Å². The van der Waals surface area contributed by atoms with Gasteiger partial charge in [-0.15, -0.1) is 0 Å². The standard InChI is InChI=1S/C13H18N2O3S/c1-2-18-11-7-4-3-6-10(11)12(17)15-13(19)14-8-5-9-16/h3-4,6-7,16H,2,5,8-9H2,1H3,(H2,14,15,17,19). The molecule has 0 aliphatic rings. The normalized spacial score (nSPS) is 9.79. The lowest BCUT2D eigenvalue weighted by atomic mass is 10.2.